The van der Waals surface area contributed by atoms with Crippen molar-refractivity contribution in [3.63, 3.8) is 0 Å². The van der Waals surface area contributed by atoms with Gasteiger partial charge >= 0.3 is 25.0 Å². The number of benzene rings is 3. The molecule has 0 saturated carbocycles. The van der Waals surface area contributed by atoms with E-state index in [1.807, 2.05) is 74.5 Å². The van der Waals surface area contributed by atoms with Crippen molar-refractivity contribution in [2.24, 2.45) is 4.99 Å². The molecule has 26 heavy (non-hydrogen) atoms. The molecule has 3 rings (SSSR count). The van der Waals surface area contributed by atoms with Crippen molar-refractivity contribution < 1.29 is 28.4 Å². The Kier molecular flexibility index (Phi) is 6.68. The van der Waals surface area contributed by atoms with Gasteiger partial charge in [0.15, 0.2) is 0 Å². The molecule has 0 radical (unpaired) electrons. The molecule has 1 amide bonds. The minimum atomic E-state index is -0.759. The van der Waals surface area contributed by atoms with Gasteiger partial charge in [0.2, 0.25) is 0 Å². The average molecular weight is 337 g/mol. The molecular formula is C22H20LiNO2. The summed E-state index contributed by atoms with van der Waals surface area (Å²) >= 11 is 0. The summed E-state index contributed by atoms with van der Waals surface area (Å²) in [5, 5.41) is 0.586. The molecule has 0 aliphatic rings. The number of hydrogen-bond donors (Lipinski definition) is 0. The molecule has 0 saturated heterocycles. The van der Waals surface area contributed by atoms with Crippen molar-refractivity contribution in [2.75, 3.05) is 0 Å². The van der Waals surface area contributed by atoms with E-state index in [1.165, 1.54) is 0 Å². The van der Waals surface area contributed by atoms with E-state index in [2.05, 4.69) is 17.1 Å². The first kappa shape index (κ1) is 19.8. The summed E-state index contributed by atoms with van der Waals surface area (Å²) in [6.07, 6.45) is -0.594. The second-order valence-electron chi connectivity index (χ2n) is 6.27. The van der Waals surface area contributed by atoms with Crippen molar-refractivity contribution in [3.05, 3.63) is 95.8 Å². The first-order valence-electron chi connectivity index (χ1n) is 8.20. The van der Waals surface area contributed by atoms with Crippen LogP contribution in [-0.2, 0) is 10.3 Å². The molecule has 0 aliphatic heterocycles. The van der Waals surface area contributed by atoms with Gasteiger partial charge < -0.3 is 4.74 Å². The van der Waals surface area contributed by atoms with Gasteiger partial charge in [0.25, 0.3) is 0 Å². The molecule has 0 atom stereocenters. The van der Waals surface area contributed by atoms with E-state index in [9.17, 15) is 4.79 Å². The zero-order valence-corrected chi connectivity index (χ0v) is 15.3. The fraction of sp³-hybridized carbons (Fsp3) is 0.136. The van der Waals surface area contributed by atoms with Crippen LogP contribution in [-0.4, -0.2) is 6.09 Å². The van der Waals surface area contributed by atoms with Gasteiger partial charge in [0.1, 0.15) is 5.60 Å². The summed E-state index contributed by atoms with van der Waals surface area (Å²) in [7, 11) is 0. The van der Waals surface area contributed by atoms with Crippen LogP contribution in [0.4, 0.5) is 4.79 Å². The standard InChI is InChI=1S/C22H20NO2.Li/c1-22(2,25-21(24)23-20-11-7-4-8-12-20)19-15-13-18(14-16-19)17-9-5-3-6-10-17;/h3-16H,1-2H3;/q-1;+1. The number of nitrogens with zero attached hydrogens (tertiary/aromatic N) is 1. The van der Waals surface area contributed by atoms with E-state index < -0.39 is 11.7 Å². The van der Waals surface area contributed by atoms with Gasteiger partial charge in [-0.3, -0.25) is 0 Å². The normalized spacial score (nSPS) is 10.5. The second-order valence-corrected chi connectivity index (χ2v) is 6.27. The van der Waals surface area contributed by atoms with E-state index >= 15 is 0 Å². The van der Waals surface area contributed by atoms with Gasteiger partial charge in [-0.2, -0.15) is 18.2 Å². The Balaban J connectivity index is 0.00000243. The van der Waals surface area contributed by atoms with E-state index in [0.717, 1.165) is 16.7 Å². The van der Waals surface area contributed by atoms with Crippen LogP contribution in [0.2, 0.25) is 0 Å². The number of amides is 1. The summed E-state index contributed by atoms with van der Waals surface area (Å²) in [6, 6.07) is 27.3. The Hall–Kier alpha value is -2.47. The van der Waals surface area contributed by atoms with Crippen LogP contribution in [0.15, 0.2) is 89.9 Å². The third-order valence-electron chi connectivity index (χ3n) is 4.01. The van der Waals surface area contributed by atoms with Crippen LogP contribution >= 0.6 is 0 Å². The second kappa shape index (κ2) is 8.76. The summed E-state index contributed by atoms with van der Waals surface area (Å²) in [4.78, 5) is 16.1. The summed E-state index contributed by atoms with van der Waals surface area (Å²) in [5.41, 5.74) is 2.44. The minimum absolute atomic E-state index is 0. The Morgan fingerprint density at radius 2 is 1.46 bits per heavy atom. The van der Waals surface area contributed by atoms with Crippen LogP contribution in [0.25, 0.3) is 11.1 Å². The Morgan fingerprint density at radius 1 is 0.885 bits per heavy atom. The fourth-order valence-corrected chi connectivity index (χ4v) is 2.60. The molecule has 0 bridgehead atoms. The van der Waals surface area contributed by atoms with Crippen LogP contribution in [0.5, 0.6) is 0 Å². The summed E-state index contributed by atoms with van der Waals surface area (Å²) in [6.45, 7) is 3.73. The molecule has 0 N–H and O–H groups in total. The molecule has 0 unspecified atom stereocenters. The number of carbonyl (C=O) groups is 1. The van der Waals surface area contributed by atoms with Crippen molar-refractivity contribution >= 4 is 6.09 Å². The average Bonchev–Trinajstić information content (AvgIpc) is 2.63. The monoisotopic (exact) mass is 337 g/mol. The maximum Gasteiger partial charge on any atom is 1.00 e. The Labute approximate surface area is 165 Å². The summed E-state index contributed by atoms with van der Waals surface area (Å²) in [5.74, 6) is 0. The van der Waals surface area contributed by atoms with Crippen LogP contribution in [0, 0.1) is 0 Å². The number of para-hydroxylation sites is 1. The molecule has 3 aromatic carbocycles. The molecule has 0 aliphatic carbocycles. The van der Waals surface area contributed by atoms with Gasteiger partial charge in [-0.05, 0) is 35.9 Å². The topological polar surface area (TPSA) is 38.7 Å². The van der Waals surface area contributed by atoms with E-state index in [4.69, 9.17) is 4.74 Å². The Bertz CT molecular complexity index is 895. The van der Waals surface area contributed by atoms with Gasteiger partial charge in [-0.1, -0.05) is 54.6 Å². The number of rotatable bonds is 3. The van der Waals surface area contributed by atoms with Crippen LogP contribution in [0.3, 0.4) is 0 Å². The molecule has 0 aromatic heterocycles. The first-order valence-corrected chi connectivity index (χ1v) is 8.20. The molecule has 126 valence electrons. The SMILES string of the molecule is CC(C)(OC(=O)N=c1cc[cH-]cc1)c1ccc(-c2ccccc2)cc1.[Li+]. The van der Waals surface area contributed by atoms with Gasteiger partial charge in [-0.15, -0.1) is 12.1 Å². The molecule has 3 aromatic rings. The van der Waals surface area contributed by atoms with Gasteiger partial charge in [0.05, 0.1) is 0 Å². The number of ether oxygens (including phenoxy) is 1. The van der Waals surface area contributed by atoms with Crippen LogP contribution < -0.4 is 24.2 Å². The molecular weight excluding hydrogens is 317 g/mol. The van der Waals surface area contributed by atoms with E-state index in [1.54, 1.807) is 12.1 Å². The van der Waals surface area contributed by atoms with Crippen molar-refractivity contribution in [2.45, 2.75) is 19.4 Å². The predicted molar refractivity (Wildman–Crippen MR) is 99.0 cm³/mol. The van der Waals surface area contributed by atoms with E-state index in [0.29, 0.717) is 5.36 Å². The minimum Gasteiger partial charge on any atom is -0.437 e. The third kappa shape index (κ3) is 5.02. The van der Waals surface area contributed by atoms with Crippen molar-refractivity contribution in [1.29, 1.82) is 0 Å². The summed E-state index contributed by atoms with van der Waals surface area (Å²) < 4.78 is 5.57. The smallest absolute Gasteiger partial charge is 0.437 e. The number of carbonyl (C=O) groups excluding carboxylic acids is 1. The maximum absolute atomic E-state index is 12.1. The zero-order chi connectivity index (χ0) is 17.7. The molecule has 4 heteroatoms. The Morgan fingerprint density at radius 3 is 2.08 bits per heavy atom. The third-order valence-corrected chi connectivity index (χ3v) is 4.01. The first-order chi connectivity index (χ1) is 12.0. The van der Waals surface area contributed by atoms with E-state index in [-0.39, 0.29) is 18.9 Å². The zero-order valence-electron chi connectivity index (χ0n) is 15.3. The van der Waals surface area contributed by atoms with Crippen molar-refractivity contribution in [1.82, 2.24) is 0 Å². The van der Waals surface area contributed by atoms with Crippen LogP contribution in [0.1, 0.15) is 19.4 Å². The fourth-order valence-electron chi connectivity index (χ4n) is 2.60. The molecule has 0 spiro atoms. The van der Waals surface area contributed by atoms with Gasteiger partial charge in [0, 0.05) is 0 Å². The predicted octanol–water partition coefficient (Wildman–Crippen LogP) is 2.05. The molecule has 3 nitrogen and oxygen atoms in total. The van der Waals surface area contributed by atoms with Gasteiger partial charge in [-0.25, -0.2) is 9.79 Å². The van der Waals surface area contributed by atoms with Crippen molar-refractivity contribution in [3.8, 4) is 11.1 Å². The quantitative estimate of drug-likeness (QED) is 0.542. The molecule has 0 fully saturated rings. The number of hydrogen-bond acceptors (Lipinski definition) is 2. The molecule has 0 heterocycles. The largest absolute Gasteiger partial charge is 1.00 e. The maximum atomic E-state index is 12.1.